The highest BCUT2D eigenvalue weighted by Crippen LogP contribution is 2.27. The van der Waals surface area contributed by atoms with Crippen LogP contribution in [0.15, 0.2) is 18.2 Å². The van der Waals surface area contributed by atoms with Crippen molar-refractivity contribution in [3.63, 3.8) is 0 Å². The Kier molecular flexibility index (Phi) is 6.03. The summed E-state index contributed by atoms with van der Waals surface area (Å²) < 4.78 is 10.5. The van der Waals surface area contributed by atoms with Crippen LogP contribution in [0, 0.1) is 0 Å². The molecule has 1 aliphatic rings. The van der Waals surface area contributed by atoms with Gasteiger partial charge in [0.1, 0.15) is 0 Å². The van der Waals surface area contributed by atoms with Crippen LogP contribution in [0.25, 0.3) is 0 Å². The summed E-state index contributed by atoms with van der Waals surface area (Å²) in [5.41, 5.74) is 1.10. The van der Waals surface area contributed by atoms with Gasteiger partial charge in [-0.05, 0) is 38.1 Å². The van der Waals surface area contributed by atoms with E-state index in [0.29, 0.717) is 31.1 Å². The third-order valence-electron chi connectivity index (χ3n) is 4.34. The van der Waals surface area contributed by atoms with E-state index in [1.54, 1.807) is 14.2 Å². The predicted octanol–water partition coefficient (Wildman–Crippen LogP) is 1.12. The van der Waals surface area contributed by atoms with E-state index in [2.05, 4.69) is 5.32 Å². The van der Waals surface area contributed by atoms with E-state index >= 15 is 0 Å². The molecular formula is C17H25N3O4. The average Bonchev–Trinajstić information content (AvgIpc) is 3.03. The Bertz CT molecular complexity index is 605. The zero-order valence-electron chi connectivity index (χ0n) is 14.7. The van der Waals surface area contributed by atoms with Gasteiger partial charge in [-0.2, -0.15) is 0 Å². The Morgan fingerprint density at radius 3 is 2.62 bits per heavy atom. The first-order chi connectivity index (χ1) is 11.5. The molecule has 0 saturated carbocycles. The molecule has 24 heavy (non-hydrogen) atoms. The summed E-state index contributed by atoms with van der Waals surface area (Å²) in [4.78, 5) is 27.2. The number of benzene rings is 1. The summed E-state index contributed by atoms with van der Waals surface area (Å²) in [5, 5.41) is 2.65. The van der Waals surface area contributed by atoms with Crippen LogP contribution in [-0.4, -0.2) is 68.7 Å². The van der Waals surface area contributed by atoms with Crippen molar-refractivity contribution in [2.24, 2.45) is 0 Å². The Labute approximate surface area is 142 Å². The first kappa shape index (κ1) is 18.1. The number of nitrogens with one attached hydrogen (secondary N) is 1. The molecule has 132 valence electrons. The van der Waals surface area contributed by atoms with Crippen LogP contribution < -0.4 is 14.8 Å². The second-order valence-corrected chi connectivity index (χ2v) is 5.82. The number of carbonyl (C=O) groups is 2. The minimum atomic E-state index is -0.353. The van der Waals surface area contributed by atoms with E-state index < -0.39 is 0 Å². The smallest absolute Gasteiger partial charge is 0.324 e. The second-order valence-electron chi connectivity index (χ2n) is 5.82. The zero-order chi connectivity index (χ0) is 17.7. The largest absolute Gasteiger partial charge is 0.493 e. The molecule has 7 heteroatoms. The van der Waals surface area contributed by atoms with Crippen molar-refractivity contribution in [2.75, 3.05) is 40.9 Å². The average molecular weight is 335 g/mol. The summed E-state index contributed by atoms with van der Waals surface area (Å²) in [6, 6.07) is 5.13. The number of likely N-dealkylation sites (N-methyl/N-ethyl adjacent to an activating group) is 1. The van der Waals surface area contributed by atoms with Crippen LogP contribution in [0.5, 0.6) is 11.5 Å². The van der Waals surface area contributed by atoms with Crippen molar-refractivity contribution in [2.45, 2.75) is 19.4 Å². The second kappa shape index (κ2) is 8.01. The lowest BCUT2D eigenvalue weighted by Crippen LogP contribution is -2.47. The fraction of sp³-hybridized carbons (Fsp3) is 0.529. The molecule has 1 aliphatic heterocycles. The summed E-state index contributed by atoms with van der Waals surface area (Å²) in [6.07, 6.45) is 0.765. The molecule has 0 spiro atoms. The number of carbonyl (C=O) groups excluding carboxylic acids is 2. The van der Waals surface area contributed by atoms with Gasteiger partial charge in [0.15, 0.2) is 11.5 Å². The molecule has 7 nitrogen and oxygen atoms in total. The quantitative estimate of drug-likeness (QED) is 0.808. The molecule has 1 heterocycles. The minimum absolute atomic E-state index is 0.167. The van der Waals surface area contributed by atoms with Crippen LogP contribution in [0.2, 0.25) is 0 Å². The van der Waals surface area contributed by atoms with Gasteiger partial charge in [-0.25, -0.2) is 4.79 Å². The number of imide groups is 1. The number of nitrogens with zero attached hydrogens (tertiary/aromatic N) is 2. The highest BCUT2D eigenvalue weighted by atomic mass is 16.5. The van der Waals surface area contributed by atoms with E-state index in [4.69, 9.17) is 9.47 Å². The molecule has 1 atom stereocenters. The first-order valence-electron chi connectivity index (χ1n) is 7.98. The summed E-state index contributed by atoms with van der Waals surface area (Å²) >= 11 is 0. The number of rotatable bonds is 7. The van der Waals surface area contributed by atoms with Gasteiger partial charge in [-0.3, -0.25) is 14.6 Å². The molecular weight excluding hydrogens is 310 g/mol. The van der Waals surface area contributed by atoms with E-state index in [1.165, 1.54) is 4.90 Å². The fourth-order valence-corrected chi connectivity index (χ4v) is 2.63. The first-order valence-corrected chi connectivity index (χ1v) is 7.98. The standard InChI is InChI=1S/C17H25N3O4/c1-12(16(21)20-10-8-18-17(20)22)19(2)9-7-13-5-6-14(23-3)15(11-13)24-4/h5-6,11-12H,7-10H2,1-4H3,(H,18,22)/t12-/m0/s1. The molecule has 2 rings (SSSR count). The molecule has 1 aromatic rings. The molecule has 1 fully saturated rings. The summed E-state index contributed by atoms with van der Waals surface area (Å²) in [5.74, 6) is 1.22. The molecule has 0 aliphatic carbocycles. The Morgan fingerprint density at radius 1 is 1.33 bits per heavy atom. The van der Waals surface area contributed by atoms with Gasteiger partial charge in [0.2, 0.25) is 5.91 Å². The number of hydrogen-bond donors (Lipinski definition) is 1. The lowest BCUT2D eigenvalue weighted by atomic mass is 10.1. The van der Waals surface area contributed by atoms with Gasteiger partial charge >= 0.3 is 6.03 Å². The van der Waals surface area contributed by atoms with Crippen LogP contribution in [0.4, 0.5) is 4.79 Å². The van der Waals surface area contributed by atoms with Gasteiger partial charge in [0.25, 0.3) is 0 Å². The van der Waals surface area contributed by atoms with Crippen molar-refractivity contribution in [3.05, 3.63) is 23.8 Å². The minimum Gasteiger partial charge on any atom is -0.493 e. The Morgan fingerprint density at radius 2 is 2.04 bits per heavy atom. The van der Waals surface area contributed by atoms with Crippen molar-refractivity contribution in [3.8, 4) is 11.5 Å². The third kappa shape index (κ3) is 3.97. The van der Waals surface area contributed by atoms with Crippen molar-refractivity contribution >= 4 is 11.9 Å². The molecule has 0 unspecified atom stereocenters. The molecule has 0 aromatic heterocycles. The lowest BCUT2D eigenvalue weighted by molar-refractivity contribution is -0.132. The number of methoxy groups -OCH3 is 2. The van der Waals surface area contributed by atoms with Gasteiger partial charge < -0.3 is 14.8 Å². The van der Waals surface area contributed by atoms with Crippen LogP contribution in [0.1, 0.15) is 12.5 Å². The van der Waals surface area contributed by atoms with E-state index in [9.17, 15) is 9.59 Å². The maximum Gasteiger partial charge on any atom is 0.324 e. The molecule has 3 amide bonds. The van der Waals surface area contributed by atoms with Gasteiger partial charge in [-0.1, -0.05) is 6.07 Å². The van der Waals surface area contributed by atoms with Crippen molar-refractivity contribution in [1.29, 1.82) is 0 Å². The zero-order valence-corrected chi connectivity index (χ0v) is 14.7. The highest BCUT2D eigenvalue weighted by Gasteiger charge is 2.31. The number of amides is 3. The highest BCUT2D eigenvalue weighted by molar-refractivity contribution is 5.98. The summed E-state index contributed by atoms with van der Waals surface area (Å²) in [7, 11) is 5.10. The van der Waals surface area contributed by atoms with Gasteiger partial charge in [0, 0.05) is 19.6 Å². The number of hydrogen-bond acceptors (Lipinski definition) is 5. The van der Waals surface area contributed by atoms with Crippen molar-refractivity contribution < 1.29 is 19.1 Å². The van der Waals surface area contributed by atoms with Crippen LogP contribution in [0.3, 0.4) is 0 Å². The molecule has 0 bridgehead atoms. The molecule has 1 aromatic carbocycles. The molecule has 0 radical (unpaired) electrons. The van der Waals surface area contributed by atoms with Crippen LogP contribution >= 0.6 is 0 Å². The van der Waals surface area contributed by atoms with E-state index in [-0.39, 0.29) is 18.0 Å². The Hall–Kier alpha value is -2.28. The van der Waals surface area contributed by atoms with Gasteiger partial charge in [-0.15, -0.1) is 0 Å². The summed E-state index contributed by atoms with van der Waals surface area (Å²) in [6.45, 7) is 3.47. The lowest BCUT2D eigenvalue weighted by Gasteiger charge is -2.26. The van der Waals surface area contributed by atoms with E-state index in [1.807, 2.05) is 37.1 Å². The topological polar surface area (TPSA) is 71.1 Å². The maximum atomic E-state index is 12.4. The SMILES string of the molecule is COc1ccc(CCN(C)[C@@H](C)C(=O)N2CCNC2=O)cc1OC. The third-order valence-corrected chi connectivity index (χ3v) is 4.34. The monoisotopic (exact) mass is 335 g/mol. The normalized spacial score (nSPS) is 15.4. The van der Waals surface area contributed by atoms with E-state index in [0.717, 1.165) is 12.0 Å². The maximum absolute atomic E-state index is 12.4. The Balaban J connectivity index is 1.93. The number of ether oxygens (including phenoxy) is 2. The predicted molar refractivity (Wildman–Crippen MR) is 90.5 cm³/mol. The van der Waals surface area contributed by atoms with Crippen molar-refractivity contribution in [1.82, 2.24) is 15.1 Å². The van der Waals surface area contributed by atoms with Gasteiger partial charge in [0.05, 0.1) is 20.3 Å². The fourth-order valence-electron chi connectivity index (χ4n) is 2.63. The van der Waals surface area contributed by atoms with Crippen LogP contribution in [-0.2, 0) is 11.2 Å². The number of urea groups is 1. The molecule has 1 saturated heterocycles. The molecule has 1 N–H and O–H groups in total.